The maximum atomic E-state index is 15.1. The number of para-hydroxylation sites is 1. The molecule has 34 nitrogen and oxygen atoms in total. The van der Waals surface area contributed by atoms with Crippen molar-refractivity contribution in [2.45, 2.75) is 244 Å². The number of likely N-dealkylation sites (tertiary alicyclic amines) is 1. The highest BCUT2D eigenvalue weighted by Crippen LogP contribution is 2.24. The second-order valence-corrected chi connectivity index (χ2v) is 33.3. The van der Waals surface area contributed by atoms with Crippen LogP contribution in [0.4, 0.5) is 0 Å². The third-order valence-electron chi connectivity index (χ3n) is 20.4. The van der Waals surface area contributed by atoms with E-state index in [9.17, 15) is 82.4 Å². The summed E-state index contributed by atoms with van der Waals surface area (Å²) in [6, 6.07) is 4.72. The van der Waals surface area contributed by atoms with Crippen molar-refractivity contribution in [1.29, 1.82) is 0 Å². The van der Waals surface area contributed by atoms with Crippen LogP contribution in [-0.4, -0.2) is 235 Å². The summed E-state index contributed by atoms with van der Waals surface area (Å²) in [4.78, 5) is 216. The number of fused-ring (bicyclic) bond motifs is 1. The van der Waals surface area contributed by atoms with Crippen LogP contribution in [0.3, 0.4) is 0 Å². The number of carbonyl (C=O) groups is 15. The Hall–Kier alpha value is -10.2. The molecule has 0 aliphatic carbocycles. The molecule has 0 bridgehead atoms. The van der Waals surface area contributed by atoms with Gasteiger partial charge in [0.25, 0.3) is 0 Å². The number of carboxylic acid groups (broad SMARTS) is 1. The fraction of sp³-hybridized carbons (Fsp3) is 0.578. The largest absolute Gasteiger partial charge is 0.480 e. The minimum Gasteiger partial charge on any atom is -0.480 e. The van der Waals surface area contributed by atoms with E-state index in [1.807, 2.05) is 41.5 Å². The van der Waals surface area contributed by atoms with Gasteiger partial charge in [-0.25, -0.2) is 4.79 Å². The van der Waals surface area contributed by atoms with Crippen molar-refractivity contribution in [2.24, 2.45) is 41.1 Å². The number of aliphatic carboxylic acids is 1. The second kappa shape index (κ2) is 49.4. The zero-order chi connectivity index (χ0) is 88.5. The van der Waals surface area contributed by atoms with E-state index in [1.54, 1.807) is 125 Å². The van der Waals surface area contributed by atoms with E-state index in [0.717, 1.165) is 6.92 Å². The quantitative estimate of drug-likeness (QED) is 0.0269. The molecule has 20 N–H and O–H groups in total. The number of benzene rings is 3. The molecule has 1 aliphatic heterocycles. The summed E-state index contributed by atoms with van der Waals surface area (Å²) in [5, 5.41) is 63.5. The standard InChI is InChI=1S/C83H124N16O18S2/c1-13-48(10)68(97-76(109)61(40-52-41-86-55-28-21-20-27-53(52)55)92-72(105)57(32-34-119-12)87-73(106)59(36-45(4)5)90-74(107)58(35-44(2)3)89-70(103)54(84)42-100)80(113)98-69(49(11)101)81(114)88-56(30-31-66(85)102)71(104)95-64(43-118)77(110)91-60(38-50-23-16-14-17-24-50)75(108)93-62(37-46(6)7)82(115)99-33-22-29-65(99)78(111)96-67(47(8)9)79(112)94-63(83(116)117)39-51-25-18-15-19-26-51/h14-21,23-28,41,44-49,54,56-65,67-69,86,100-101,118H,13,22,29-40,42-43,84H2,1-12H3,(H2,85,102)(H,87,106)(H,88,114)(H,89,103)(H,90,107)(H,91,110)(H,92,105)(H,93,108)(H,94,112)(H,95,104)(H,96,111)(H,97,109)(H,98,113)(H,116,117)/t48-,49?,54-,56-,57-,58-,59-,60-,61-,62-,63-,64-,65-,67-,68-,69-/m0/s1. The molecule has 1 fully saturated rings. The summed E-state index contributed by atoms with van der Waals surface area (Å²) in [7, 11) is 0. The number of thiol groups is 1. The number of nitrogens with two attached hydrogens (primary N) is 2. The number of carboxylic acids is 1. The fourth-order valence-electron chi connectivity index (χ4n) is 13.6. The molecule has 119 heavy (non-hydrogen) atoms. The number of thioether (sulfide) groups is 1. The molecule has 14 amide bonds. The van der Waals surface area contributed by atoms with Crippen molar-refractivity contribution in [3.8, 4) is 0 Å². The van der Waals surface area contributed by atoms with Crippen LogP contribution in [0.15, 0.2) is 91.1 Å². The molecule has 2 heterocycles. The average Bonchev–Trinajstić information content (AvgIpc) is 1.72. The highest BCUT2D eigenvalue weighted by Gasteiger charge is 2.43. The van der Waals surface area contributed by atoms with Crippen LogP contribution in [0.1, 0.15) is 151 Å². The van der Waals surface area contributed by atoms with Gasteiger partial charge >= 0.3 is 5.97 Å². The fourth-order valence-corrected chi connectivity index (χ4v) is 14.3. The van der Waals surface area contributed by atoms with Gasteiger partial charge in [-0.15, -0.1) is 0 Å². The predicted octanol–water partition coefficient (Wildman–Crippen LogP) is 0.578. The molecule has 656 valence electrons. The number of aliphatic hydroxyl groups is 2. The lowest BCUT2D eigenvalue weighted by Crippen LogP contribution is -2.63. The number of primary amides is 1. The molecule has 1 aliphatic rings. The van der Waals surface area contributed by atoms with Gasteiger partial charge in [0, 0.05) is 55.1 Å². The molecule has 4 aromatic rings. The van der Waals surface area contributed by atoms with Crippen molar-refractivity contribution in [1.82, 2.24) is 73.7 Å². The Bertz CT molecular complexity index is 4080. The van der Waals surface area contributed by atoms with Gasteiger partial charge < -0.3 is 100 Å². The molecule has 36 heteroatoms. The highest BCUT2D eigenvalue weighted by atomic mass is 32.2. The normalized spacial score (nSPS) is 16.5. The van der Waals surface area contributed by atoms with E-state index in [4.69, 9.17) is 11.5 Å². The van der Waals surface area contributed by atoms with Crippen molar-refractivity contribution in [3.63, 3.8) is 0 Å². The number of nitrogens with zero attached hydrogens (tertiary/aromatic N) is 1. The molecule has 3 aromatic carbocycles. The van der Waals surface area contributed by atoms with E-state index < -0.39 is 216 Å². The van der Waals surface area contributed by atoms with Gasteiger partial charge in [0.05, 0.1) is 12.7 Å². The Morgan fingerprint density at radius 2 is 0.941 bits per heavy atom. The molecule has 16 atom stereocenters. The Morgan fingerprint density at radius 1 is 0.513 bits per heavy atom. The number of aromatic amines is 1. The lowest BCUT2D eigenvalue weighted by atomic mass is 9.96. The van der Waals surface area contributed by atoms with Gasteiger partial charge in [0.15, 0.2) is 0 Å². The third kappa shape index (κ3) is 31.8. The number of rotatable bonds is 50. The maximum Gasteiger partial charge on any atom is 0.326 e. The number of carbonyl (C=O) groups excluding carboxylic acids is 14. The lowest BCUT2D eigenvalue weighted by Gasteiger charge is -2.32. The first-order valence-corrected chi connectivity index (χ1v) is 42.6. The number of amides is 14. The van der Waals surface area contributed by atoms with Crippen LogP contribution in [0.25, 0.3) is 10.9 Å². The number of nitrogens with one attached hydrogen (secondary N) is 13. The molecule has 0 radical (unpaired) electrons. The third-order valence-corrected chi connectivity index (χ3v) is 21.4. The van der Waals surface area contributed by atoms with Crippen molar-refractivity contribution >= 4 is 124 Å². The number of hydrogen-bond acceptors (Lipinski definition) is 20. The van der Waals surface area contributed by atoms with Crippen LogP contribution in [-0.2, 0) is 91.2 Å². The second-order valence-electron chi connectivity index (χ2n) is 32.0. The minimum atomic E-state index is -1.89. The maximum absolute atomic E-state index is 15.1. The molecule has 0 saturated carbocycles. The van der Waals surface area contributed by atoms with Crippen LogP contribution in [0.5, 0.6) is 0 Å². The van der Waals surface area contributed by atoms with Crippen LogP contribution >= 0.6 is 24.4 Å². The zero-order valence-corrected chi connectivity index (χ0v) is 71.7. The SMILES string of the molecule is CC[C@H](C)[C@H](NC(=O)[C@H](Cc1c[nH]c2ccccc12)NC(=O)[C@H](CCSC)NC(=O)[C@H](CC(C)C)NC(=O)[C@H](CC(C)C)NC(=O)[C@@H](N)CO)C(=O)N[C@H](C(=O)N[C@@H](CCC(N)=O)C(=O)N[C@@H](CS)C(=O)N[C@@H](Cc1ccccc1)C(=O)N[C@@H](CC(C)C)C(=O)N1CCC[C@H]1C(=O)N[C@H](C(=O)N[C@@H](Cc1ccccc1)C(=O)O)C(C)C)C(C)O. The van der Waals surface area contributed by atoms with Crippen LogP contribution in [0.2, 0.25) is 0 Å². The first-order chi connectivity index (χ1) is 56.3. The summed E-state index contributed by atoms with van der Waals surface area (Å²) in [5.74, 6) is -15.2. The van der Waals surface area contributed by atoms with Gasteiger partial charge in [-0.3, -0.25) is 67.1 Å². The Morgan fingerprint density at radius 3 is 1.46 bits per heavy atom. The molecule has 1 unspecified atom stereocenters. The number of aromatic nitrogens is 1. The van der Waals surface area contributed by atoms with E-state index in [2.05, 4.69) is 81.4 Å². The molecule has 5 rings (SSSR count). The smallest absolute Gasteiger partial charge is 0.326 e. The van der Waals surface area contributed by atoms with E-state index >= 15 is 4.79 Å². The van der Waals surface area contributed by atoms with E-state index in [-0.39, 0.29) is 82.1 Å². The van der Waals surface area contributed by atoms with Gasteiger partial charge in [-0.1, -0.05) is 155 Å². The van der Waals surface area contributed by atoms with E-state index in [0.29, 0.717) is 39.8 Å². The topological polar surface area (TPSA) is 532 Å². The number of hydrogen-bond donors (Lipinski definition) is 19. The van der Waals surface area contributed by atoms with Crippen molar-refractivity contribution < 1.29 is 87.2 Å². The molecule has 1 saturated heterocycles. The number of aliphatic hydroxyl groups excluding tert-OH is 2. The average molecular weight is 1700 g/mol. The Labute approximate surface area is 705 Å². The zero-order valence-electron chi connectivity index (χ0n) is 69.9. The predicted molar refractivity (Wildman–Crippen MR) is 453 cm³/mol. The van der Waals surface area contributed by atoms with Crippen LogP contribution < -0.4 is 75.3 Å². The summed E-state index contributed by atoms with van der Waals surface area (Å²) in [5.41, 5.74) is 13.8. The molecular weight excluding hydrogens is 1570 g/mol. The monoisotopic (exact) mass is 1700 g/mol. The van der Waals surface area contributed by atoms with Crippen molar-refractivity contribution in [3.05, 3.63) is 108 Å². The Balaban J connectivity index is 1.37. The summed E-state index contributed by atoms with van der Waals surface area (Å²) >= 11 is 5.74. The van der Waals surface area contributed by atoms with Gasteiger partial charge in [0.1, 0.15) is 84.6 Å². The highest BCUT2D eigenvalue weighted by molar-refractivity contribution is 7.98. The lowest BCUT2D eigenvalue weighted by molar-refractivity contribution is -0.144. The van der Waals surface area contributed by atoms with Crippen molar-refractivity contribution in [2.75, 3.05) is 30.9 Å². The summed E-state index contributed by atoms with van der Waals surface area (Å²) in [6.45, 7) is 18.1. The summed E-state index contributed by atoms with van der Waals surface area (Å²) in [6.07, 6.45) is 1.42. The minimum absolute atomic E-state index is 0.0303. The molecular formula is C83H124N16O18S2. The first kappa shape index (κ1) is 99.4. The first-order valence-electron chi connectivity index (χ1n) is 40.5. The molecule has 1 aromatic heterocycles. The van der Waals surface area contributed by atoms with Gasteiger partial charge in [-0.05, 0) is 116 Å². The van der Waals surface area contributed by atoms with Crippen LogP contribution in [0, 0.1) is 29.6 Å². The van der Waals surface area contributed by atoms with Gasteiger partial charge in [-0.2, -0.15) is 24.4 Å². The molecule has 0 spiro atoms. The Kier molecular flexibility index (Phi) is 41.3. The number of H-pyrrole nitrogens is 1. The van der Waals surface area contributed by atoms with Gasteiger partial charge in [0.2, 0.25) is 82.7 Å². The van der Waals surface area contributed by atoms with E-state index in [1.165, 1.54) is 16.7 Å². The summed E-state index contributed by atoms with van der Waals surface area (Å²) < 4.78 is 0.